The molecule has 70 valence electrons. The molecule has 12 heavy (non-hydrogen) atoms. The molecule has 0 saturated carbocycles. The van der Waals surface area contributed by atoms with Gasteiger partial charge in [-0.15, -0.1) is 0 Å². The Labute approximate surface area is 72.5 Å². The first kappa shape index (κ1) is 11.1. The van der Waals surface area contributed by atoms with Crippen molar-refractivity contribution in [3.63, 3.8) is 0 Å². The second-order valence-electron chi connectivity index (χ2n) is 2.75. The Morgan fingerprint density at radius 3 is 2.25 bits per heavy atom. The molecule has 0 saturated heterocycles. The number of carbonyl (C=O) groups excluding carboxylic acids is 2. The van der Waals surface area contributed by atoms with Crippen LogP contribution in [0.2, 0.25) is 0 Å². The minimum Gasteiger partial charge on any atom is -0.393 e. The topological polar surface area (TPSA) is 46.6 Å². The predicted octanol–water partition coefficient (Wildman–Crippen LogP) is 0.418. The molecule has 0 rings (SSSR count). The molecule has 0 heterocycles. The second-order valence-corrected chi connectivity index (χ2v) is 2.75. The van der Waals surface area contributed by atoms with E-state index in [1.165, 1.54) is 0 Å². The lowest BCUT2D eigenvalue weighted by molar-refractivity contribution is -0.159. The summed E-state index contributed by atoms with van der Waals surface area (Å²) in [6, 6.07) is 0. The number of ether oxygens (including phenoxy) is 1. The maximum absolute atomic E-state index is 10.8. The van der Waals surface area contributed by atoms with E-state index in [9.17, 15) is 9.59 Å². The van der Waals surface area contributed by atoms with Gasteiger partial charge >= 0.3 is 11.9 Å². The molecule has 0 bridgehead atoms. The molecule has 4 heteroatoms. The van der Waals surface area contributed by atoms with Gasteiger partial charge in [0.2, 0.25) is 0 Å². The van der Waals surface area contributed by atoms with Gasteiger partial charge in [-0.1, -0.05) is 6.92 Å². The SMILES string of the molecule is CCC(=O)OC(=O)CCN(C)C. The predicted molar refractivity (Wildman–Crippen MR) is 44.6 cm³/mol. The molecule has 0 fully saturated rings. The third-order valence-corrected chi connectivity index (χ3v) is 1.28. The van der Waals surface area contributed by atoms with Crippen molar-refractivity contribution in [1.29, 1.82) is 0 Å². The molecule has 0 atom stereocenters. The number of rotatable bonds is 4. The quantitative estimate of drug-likeness (QED) is 0.456. The van der Waals surface area contributed by atoms with Crippen LogP contribution in [0.15, 0.2) is 0 Å². The van der Waals surface area contributed by atoms with E-state index in [0.29, 0.717) is 6.54 Å². The van der Waals surface area contributed by atoms with Crippen LogP contribution in [0, 0.1) is 0 Å². The van der Waals surface area contributed by atoms with Crippen LogP contribution < -0.4 is 0 Å². The van der Waals surface area contributed by atoms with Gasteiger partial charge in [0.25, 0.3) is 0 Å². The first-order valence-corrected chi connectivity index (χ1v) is 3.94. The molecule has 0 aromatic rings. The Bertz CT molecular complexity index is 166. The van der Waals surface area contributed by atoms with Gasteiger partial charge in [-0.05, 0) is 14.1 Å². The molecule has 0 radical (unpaired) electrons. The Hall–Kier alpha value is -0.900. The molecule has 0 unspecified atom stereocenters. The van der Waals surface area contributed by atoms with Gasteiger partial charge in [0.15, 0.2) is 0 Å². The summed E-state index contributed by atoms with van der Waals surface area (Å²) in [4.78, 5) is 23.3. The fraction of sp³-hybridized carbons (Fsp3) is 0.750. The lowest BCUT2D eigenvalue weighted by Crippen LogP contribution is -2.19. The van der Waals surface area contributed by atoms with Gasteiger partial charge in [-0.2, -0.15) is 0 Å². The smallest absolute Gasteiger partial charge is 0.314 e. The number of esters is 2. The van der Waals surface area contributed by atoms with Crippen molar-refractivity contribution in [2.75, 3.05) is 20.6 Å². The lowest BCUT2D eigenvalue weighted by Gasteiger charge is -2.07. The fourth-order valence-electron chi connectivity index (χ4n) is 0.565. The van der Waals surface area contributed by atoms with Crippen LogP contribution in [0.25, 0.3) is 0 Å². The summed E-state index contributed by atoms with van der Waals surface area (Å²) in [5.41, 5.74) is 0. The molecule has 0 N–H and O–H groups in total. The van der Waals surface area contributed by atoms with Crippen LogP contribution >= 0.6 is 0 Å². The van der Waals surface area contributed by atoms with Crippen molar-refractivity contribution >= 4 is 11.9 Å². The first-order valence-electron chi connectivity index (χ1n) is 3.94. The average Bonchev–Trinajstić information content (AvgIpc) is 2.00. The highest BCUT2D eigenvalue weighted by Crippen LogP contribution is 1.91. The third-order valence-electron chi connectivity index (χ3n) is 1.28. The van der Waals surface area contributed by atoms with Crippen molar-refractivity contribution in [1.82, 2.24) is 4.90 Å². The van der Waals surface area contributed by atoms with Crippen LogP contribution in [-0.4, -0.2) is 37.5 Å². The van der Waals surface area contributed by atoms with Crippen LogP contribution in [-0.2, 0) is 14.3 Å². The Morgan fingerprint density at radius 1 is 1.25 bits per heavy atom. The Balaban J connectivity index is 3.53. The van der Waals surface area contributed by atoms with Gasteiger partial charge < -0.3 is 9.64 Å². The standard InChI is InChI=1S/C8H15NO3/c1-4-7(10)12-8(11)5-6-9(2)3/h4-6H2,1-3H3. The van der Waals surface area contributed by atoms with Gasteiger partial charge in [0, 0.05) is 13.0 Å². The van der Waals surface area contributed by atoms with E-state index in [0.717, 1.165) is 0 Å². The van der Waals surface area contributed by atoms with E-state index in [1.54, 1.807) is 6.92 Å². The van der Waals surface area contributed by atoms with Crippen LogP contribution in [0.1, 0.15) is 19.8 Å². The van der Waals surface area contributed by atoms with E-state index < -0.39 is 11.9 Å². The van der Waals surface area contributed by atoms with E-state index in [1.807, 2.05) is 19.0 Å². The summed E-state index contributed by atoms with van der Waals surface area (Å²) in [5.74, 6) is -0.908. The maximum Gasteiger partial charge on any atom is 0.314 e. The molecule has 0 amide bonds. The average molecular weight is 173 g/mol. The number of nitrogens with zero attached hydrogens (tertiary/aromatic N) is 1. The second kappa shape index (κ2) is 5.71. The molecule has 0 aromatic heterocycles. The number of hydrogen-bond acceptors (Lipinski definition) is 4. The largest absolute Gasteiger partial charge is 0.393 e. The molecule has 0 aliphatic rings. The summed E-state index contributed by atoms with van der Waals surface area (Å²) in [6.07, 6.45) is 0.506. The zero-order chi connectivity index (χ0) is 9.56. The highest BCUT2D eigenvalue weighted by molar-refractivity contribution is 5.85. The third kappa shape index (κ3) is 5.85. The Kier molecular flexibility index (Phi) is 5.28. The van der Waals surface area contributed by atoms with Crippen molar-refractivity contribution in [3.8, 4) is 0 Å². The van der Waals surface area contributed by atoms with Gasteiger partial charge in [0.1, 0.15) is 0 Å². The van der Waals surface area contributed by atoms with E-state index >= 15 is 0 Å². The van der Waals surface area contributed by atoms with E-state index in [4.69, 9.17) is 0 Å². The van der Waals surface area contributed by atoms with Gasteiger partial charge in [0.05, 0.1) is 6.42 Å². The highest BCUT2D eigenvalue weighted by atomic mass is 16.6. The first-order chi connectivity index (χ1) is 5.56. The van der Waals surface area contributed by atoms with Crippen molar-refractivity contribution < 1.29 is 14.3 Å². The highest BCUT2D eigenvalue weighted by Gasteiger charge is 2.07. The van der Waals surface area contributed by atoms with Crippen LogP contribution in [0.4, 0.5) is 0 Å². The Morgan fingerprint density at radius 2 is 1.83 bits per heavy atom. The summed E-state index contributed by atoms with van der Waals surface area (Å²) < 4.78 is 4.45. The summed E-state index contributed by atoms with van der Waals surface area (Å²) in [7, 11) is 3.71. The fourth-order valence-corrected chi connectivity index (χ4v) is 0.565. The molecular formula is C8H15NO3. The van der Waals surface area contributed by atoms with Crippen molar-refractivity contribution in [2.24, 2.45) is 0 Å². The van der Waals surface area contributed by atoms with Crippen LogP contribution in [0.5, 0.6) is 0 Å². The van der Waals surface area contributed by atoms with Crippen LogP contribution in [0.3, 0.4) is 0 Å². The minimum absolute atomic E-state index is 0.244. The van der Waals surface area contributed by atoms with E-state index in [-0.39, 0.29) is 12.8 Å². The van der Waals surface area contributed by atoms with Gasteiger partial charge in [-0.3, -0.25) is 9.59 Å². The number of carbonyl (C=O) groups is 2. The van der Waals surface area contributed by atoms with Crippen molar-refractivity contribution in [3.05, 3.63) is 0 Å². The summed E-state index contributed by atoms with van der Waals surface area (Å²) in [6.45, 7) is 2.26. The lowest BCUT2D eigenvalue weighted by atomic mass is 10.4. The zero-order valence-corrected chi connectivity index (χ0v) is 7.79. The number of hydrogen-bond donors (Lipinski definition) is 0. The normalized spacial score (nSPS) is 10.0. The molecule has 0 aliphatic carbocycles. The minimum atomic E-state index is -0.459. The van der Waals surface area contributed by atoms with E-state index in [2.05, 4.69) is 4.74 Å². The van der Waals surface area contributed by atoms with Gasteiger partial charge in [-0.25, -0.2) is 0 Å². The van der Waals surface area contributed by atoms with Crippen molar-refractivity contribution in [2.45, 2.75) is 19.8 Å². The summed E-state index contributed by atoms with van der Waals surface area (Å²) in [5, 5.41) is 0. The molecule has 0 aromatic carbocycles. The molecule has 4 nitrogen and oxygen atoms in total. The monoisotopic (exact) mass is 173 g/mol. The molecule has 0 aliphatic heterocycles. The zero-order valence-electron chi connectivity index (χ0n) is 7.79. The molecule has 0 spiro atoms. The maximum atomic E-state index is 10.8. The summed E-state index contributed by atoms with van der Waals surface area (Å²) >= 11 is 0. The molecular weight excluding hydrogens is 158 g/mol.